The van der Waals surface area contributed by atoms with E-state index in [0.29, 0.717) is 12.1 Å². The van der Waals surface area contributed by atoms with E-state index < -0.39 is 0 Å². The second kappa shape index (κ2) is 6.05. The highest BCUT2D eigenvalue weighted by atomic mass is 35.5. The van der Waals surface area contributed by atoms with Crippen molar-refractivity contribution in [2.75, 3.05) is 6.54 Å². The van der Waals surface area contributed by atoms with Crippen molar-refractivity contribution in [2.45, 2.75) is 39.0 Å². The van der Waals surface area contributed by atoms with Gasteiger partial charge in [-0.15, -0.1) is 11.6 Å². The highest BCUT2D eigenvalue weighted by molar-refractivity contribution is 6.20. The van der Waals surface area contributed by atoms with E-state index in [1.807, 2.05) is 27.8 Å². The van der Waals surface area contributed by atoms with E-state index in [1.165, 1.54) is 0 Å². The number of carbonyl (C=O) groups is 1. The van der Waals surface area contributed by atoms with Crippen LogP contribution in [-0.2, 0) is 7.05 Å². The van der Waals surface area contributed by atoms with Gasteiger partial charge in [0, 0.05) is 24.7 Å². The van der Waals surface area contributed by atoms with Crippen molar-refractivity contribution in [3.63, 3.8) is 0 Å². The number of carbonyl (C=O) groups excluding carboxylic acids is 1. The highest BCUT2D eigenvalue weighted by Gasteiger charge is 2.16. The molecule has 0 radical (unpaired) electrons. The van der Waals surface area contributed by atoms with Gasteiger partial charge in [-0.25, -0.2) is 0 Å². The molecule has 1 atom stereocenters. The summed E-state index contributed by atoms with van der Waals surface area (Å²) >= 11 is 5.84. The minimum Gasteiger partial charge on any atom is -0.352 e. The molecule has 0 saturated heterocycles. The van der Waals surface area contributed by atoms with Gasteiger partial charge in [0.15, 0.2) is 0 Å². The Morgan fingerprint density at radius 2 is 2.18 bits per heavy atom. The topological polar surface area (TPSA) is 46.9 Å². The first-order valence-electron chi connectivity index (χ1n) is 5.86. The van der Waals surface area contributed by atoms with Gasteiger partial charge < -0.3 is 5.32 Å². The molecule has 1 heterocycles. The van der Waals surface area contributed by atoms with Crippen molar-refractivity contribution in [1.29, 1.82) is 0 Å². The second-order valence-electron chi connectivity index (χ2n) is 4.35. The van der Waals surface area contributed by atoms with E-state index in [4.69, 9.17) is 11.6 Å². The predicted molar refractivity (Wildman–Crippen MR) is 69.6 cm³/mol. The van der Waals surface area contributed by atoms with Gasteiger partial charge in [-0.05, 0) is 33.6 Å². The SMILES string of the molecule is Cc1nn(C)c(C)c1C(=O)NCCCC(C)Cl. The Labute approximate surface area is 107 Å². The molecule has 0 aromatic carbocycles. The molecule has 0 bridgehead atoms. The summed E-state index contributed by atoms with van der Waals surface area (Å²) in [5, 5.41) is 7.28. The third kappa shape index (κ3) is 3.73. The van der Waals surface area contributed by atoms with Crippen molar-refractivity contribution in [3.05, 3.63) is 17.0 Å². The molecule has 17 heavy (non-hydrogen) atoms. The van der Waals surface area contributed by atoms with Crippen LogP contribution in [0.1, 0.15) is 41.5 Å². The number of amides is 1. The normalized spacial score (nSPS) is 12.5. The molecular formula is C12H20ClN3O. The van der Waals surface area contributed by atoms with Crippen LogP contribution in [0.2, 0.25) is 0 Å². The van der Waals surface area contributed by atoms with Gasteiger partial charge in [0.25, 0.3) is 5.91 Å². The minimum atomic E-state index is -0.0460. The third-order valence-electron chi connectivity index (χ3n) is 2.80. The molecule has 1 aromatic rings. The molecule has 1 amide bonds. The highest BCUT2D eigenvalue weighted by Crippen LogP contribution is 2.11. The number of halogens is 1. The number of aromatic nitrogens is 2. The number of nitrogens with one attached hydrogen (secondary N) is 1. The first-order chi connectivity index (χ1) is 7.93. The summed E-state index contributed by atoms with van der Waals surface area (Å²) < 4.78 is 1.73. The Bertz CT molecular complexity index is 399. The molecule has 5 heteroatoms. The van der Waals surface area contributed by atoms with Gasteiger partial charge in [0.1, 0.15) is 0 Å². The first kappa shape index (κ1) is 14.0. The minimum absolute atomic E-state index is 0.0460. The van der Waals surface area contributed by atoms with E-state index in [9.17, 15) is 4.79 Å². The van der Waals surface area contributed by atoms with Crippen LogP contribution in [0, 0.1) is 13.8 Å². The van der Waals surface area contributed by atoms with Crippen LogP contribution >= 0.6 is 11.6 Å². The van der Waals surface area contributed by atoms with E-state index >= 15 is 0 Å². The maximum atomic E-state index is 11.9. The summed E-state index contributed by atoms with van der Waals surface area (Å²) in [5.74, 6) is -0.0460. The lowest BCUT2D eigenvalue weighted by Crippen LogP contribution is -2.25. The summed E-state index contributed by atoms with van der Waals surface area (Å²) in [5.41, 5.74) is 2.35. The lowest BCUT2D eigenvalue weighted by atomic mass is 10.2. The smallest absolute Gasteiger partial charge is 0.255 e. The zero-order chi connectivity index (χ0) is 13.0. The molecule has 1 rings (SSSR count). The van der Waals surface area contributed by atoms with Crippen molar-refractivity contribution in [3.8, 4) is 0 Å². The van der Waals surface area contributed by atoms with E-state index in [-0.39, 0.29) is 11.3 Å². The summed E-state index contributed by atoms with van der Waals surface area (Å²) in [6.07, 6.45) is 1.81. The van der Waals surface area contributed by atoms with E-state index in [1.54, 1.807) is 4.68 Å². The molecule has 1 aromatic heterocycles. The fourth-order valence-electron chi connectivity index (χ4n) is 1.78. The third-order valence-corrected chi connectivity index (χ3v) is 3.02. The number of rotatable bonds is 5. The number of nitrogens with zero attached hydrogens (tertiary/aromatic N) is 2. The monoisotopic (exact) mass is 257 g/mol. The van der Waals surface area contributed by atoms with Crippen LogP contribution < -0.4 is 5.32 Å². The van der Waals surface area contributed by atoms with Gasteiger partial charge in [0.2, 0.25) is 0 Å². The fraction of sp³-hybridized carbons (Fsp3) is 0.667. The summed E-state index contributed by atoms with van der Waals surface area (Å²) in [6.45, 7) is 6.36. The molecule has 0 fully saturated rings. The number of alkyl halides is 1. The maximum absolute atomic E-state index is 11.9. The molecule has 0 aliphatic rings. The Hall–Kier alpha value is -1.03. The van der Waals surface area contributed by atoms with Crippen molar-refractivity contribution in [2.24, 2.45) is 7.05 Å². The van der Waals surface area contributed by atoms with Crippen LogP contribution in [0.15, 0.2) is 0 Å². The van der Waals surface area contributed by atoms with Crippen LogP contribution in [0.4, 0.5) is 0 Å². The summed E-state index contributed by atoms with van der Waals surface area (Å²) in [6, 6.07) is 0. The van der Waals surface area contributed by atoms with E-state index in [2.05, 4.69) is 10.4 Å². The molecule has 0 saturated carbocycles. The Kier molecular flexibility index (Phi) is 5.00. The van der Waals surface area contributed by atoms with Crippen molar-refractivity contribution < 1.29 is 4.79 Å². The second-order valence-corrected chi connectivity index (χ2v) is 5.09. The molecule has 1 unspecified atom stereocenters. The summed E-state index contributed by atoms with van der Waals surface area (Å²) in [7, 11) is 1.84. The van der Waals surface area contributed by atoms with Crippen LogP contribution in [-0.4, -0.2) is 27.6 Å². The molecule has 1 N–H and O–H groups in total. The average molecular weight is 258 g/mol. The van der Waals surface area contributed by atoms with Gasteiger partial charge in [-0.2, -0.15) is 5.10 Å². The summed E-state index contributed by atoms with van der Waals surface area (Å²) in [4.78, 5) is 11.9. The van der Waals surface area contributed by atoms with Gasteiger partial charge >= 0.3 is 0 Å². The van der Waals surface area contributed by atoms with Crippen LogP contribution in [0.5, 0.6) is 0 Å². The zero-order valence-electron chi connectivity index (χ0n) is 10.9. The molecule has 4 nitrogen and oxygen atoms in total. The molecule has 0 aliphatic heterocycles. The number of hydrogen-bond acceptors (Lipinski definition) is 2. The molecule has 96 valence electrons. The fourth-order valence-corrected chi connectivity index (χ4v) is 1.93. The van der Waals surface area contributed by atoms with Gasteiger partial charge in [0.05, 0.1) is 11.3 Å². The standard InChI is InChI=1S/C12H20ClN3O/c1-8(13)6-5-7-14-12(17)11-9(2)15-16(4)10(11)3/h8H,5-7H2,1-4H3,(H,14,17). The molecule has 0 spiro atoms. The average Bonchev–Trinajstić information content (AvgIpc) is 2.48. The largest absolute Gasteiger partial charge is 0.352 e. The van der Waals surface area contributed by atoms with E-state index in [0.717, 1.165) is 24.2 Å². The Morgan fingerprint density at radius 1 is 1.53 bits per heavy atom. The maximum Gasteiger partial charge on any atom is 0.255 e. The number of aryl methyl sites for hydroxylation is 2. The van der Waals surface area contributed by atoms with Gasteiger partial charge in [-0.1, -0.05) is 0 Å². The van der Waals surface area contributed by atoms with Crippen LogP contribution in [0.25, 0.3) is 0 Å². The van der Waals surface area contributed by atoms with Crippen molar-refractivity contribution in [1.82, 2.24) is 15.1 Å². The van der Waals surface area contributed by atoms with Gasteiger partial charge in [-0.3, -0.25) is 9.48 Å². The predicted octanol–water partition coefficient (Wildman–Crippen LogP) is 2.17. The Balaban J connectivity index is 2.53. The molecular weight excluding hydrogens is 238 g/mol. The lowest BCUT2D eigenvalue weighted by Gasteiger charge is -2.06. The quantitative estimate of drug-likeness (QED) is 0.649. The number of hydrogen-bond donors (Lipinski definition) is 1. The van der Waals surface area contributed by atoms with Crippen molar-refractivity contribution >= 4 is 17.5 Å². The lowest BCUT2D eigenvalue weighted by molar-refractivity contribution is 0.0951. The molecule has 0 aliphatic carbocycles. The Morgan fingerprint density at radius 3 is 2.65 bits per heavy atom. The van der Waals surface area contributed by atoms with Crippen LogP contribution in [0.3, 0.4) is 0 Å². The first-order valence-corrected chi connectivity index (χ1v) is 6.29. The zero-order valence-corrected chi connectivity index (χ0v) is 11.6.